The first kappa shape index (κ1) is 44.9. The van der Waals surface area contributed by atoms with E-state index in [0.29, 0.717) is 33.6 Å². The number of nitrogens with zero attached hydrogens (tertiary/aromatic N) is 5. The number of aliphatic imine (C=N–C) groups is 1. The Kier molecular flexibility index (Phi) is 14.8. The maximum Gasteiger partial charge on any atom is 0.352 e. The molecule has 0 spiro atoms. The summed E-state index contributed by atoms with van der Waals surface area (Å²) in [6, 6.07) is -0.412. The minimum Gasteiger partial charge on any atom is -0.503 e. The number of aliphatic carboxylic acids is 2. The molecule has 0 bridgehead atoms. The highest BCUT2D eigenvalue weighted by molar-refractivity contribution is 8.08. The second-order valence-electron chi connectivity index (χ2n) is 13.3. The lowest BCUT2D eigenvalue weighted by Gasteiger charge is -2.49. The summed E-state index contributed by atoms with van der Waals surface area (Å²) in [6.07, 6.45) is 5.54. The van der Waals surface area contributed by atoms with E-state index in [9.17, 15) is 49.3 Å². The van der Waals surface area contributed by atoms with Crippen molar-refractivity contribution < 1.29 is 49.3 Å². The van der Waals surface area contributed by atoms with Crippen LogP contribution in [-0.4, -0.2) is 125 Å². The lowest BCUT2D eigenvalue weighted by Crippen LogP contribution is -2.71. The zero-order valence-electron chi connectivity index (χ0n) is 31.6. The molecule has 0 saturated carbocycles. The summed E-state index contributed by atoms with van der Waals surface area (Å²) < 4.78 is 0.357. The molecule has 58 heavy (non-hydrogen) atoms. The molecule has 11 N–H and O–H groups in total. The minimum absolute atomic E-state index is 0.00715. The average molecular weight is 867 g/mol. The number of fused-ring (bicyclic) bond motifs is 1. The van der Waals surface area contributed by atoms with E-state index >= 15 is 0 Å². The molecule has 2 atom stereocenters. The lowest BCUT2D eigenvalue weighted by atomic mass is 10.0. The van der Waals surface area contributed by atoms with Gasteiger partial charge >= 0.3 is 11.9 Å². The number of amidine groups is 1. The Morgan fingerprint density at radius 2 is 1.93 bits per heavy atom. The number of rotatable bonds is 18. The number of aromatic nitrogens is 1. The molecule has 3 amide bonds. The Balaban J connectivity index is 1.46. The van der Waals surface area contributed by atoms with Crippen molar-refractivity contribution in [3.8, 4) is 5.75 Å². The molecule has 1 saturated heterocycles. The van der Waals surface area contributed by atoms with E-state index in [2.05, 4.69) is 26.1 Å². The minimum atomic E-state index is -1.84. The second kappa shape index (κ2) is 19.1. The first-order chi connectivity index (χ1) is 27.3. The smallest absolute Gasteiger partial charge is 0.352 e. The number of carboxylic acid groups (broad SMARTS) is 2. The van der Waals surface area contributed by atoms with Crippen LogP contribution in [0.5, 0.6) is 5.75 Å². The van der Waals surface area contributed by atoms with Crippen LogP contribution >= 0.6 is 35.1 Å². The molecule has 4 rings (SSSR count). The molecule has 1 aromatic heterocycles. The number of nitrogens with two attached hydrogens (primary N) is 2. The number of pyridine rings is 1. The monoisotopic (exact) mass is 866 g/mol. The highest BCUT2D eigenvalue weighted by Gasteiger charge is 2.54. The third-order valence-corrected chi connectivity index (χ3v) is 11.2. The summed E-state index contributed by atoms with van der Waals surface area (Å²) in [7, 11) is 0. The van der Waals surface area contributed by atoms with Crippen molar-refractivity contribution in [2.75, 3.05) is 32.1 Å². The molecule has 1 aromatic rings. The topological polar surface area (TPSA) is 317 Å². The summed E-state index contributed by atoms with van der Waals surface area (Å²) in [5.74, 6) is -5.63. The Bertz CT molecular complexity index is 2110. The van der Waals surface area contributed by atoms with Crippen molar-refractivity contribution in [1.29, 1.82) is 0 Å². The molecule has 21 nitrogen and oxygen atoms in total. The van der Waals surface area contributed by atoms with Crippen LogP contribution in [-0.2, 0) is 24.0 Å². The van der Waals surface area contributed by atoms with Gasteiger partial charge in [-0.2, -0.15) is 4.73 Å². The van der Waals surface area contributed by atoms with E-state index in [0.717, 1.165) is 29.1 Å². The highest BCUT2D eigenvalue weighted by Crippen LogP contribution is 2.41. The third kappa shape index (κ3) is 10.6. The van der Waals surface area contributed by atoms with Gasteiger partial charge in [-0.05, 0) is 32.8 Å². The van der Waals surface area contributed by atoms with Crippen LogP contribution in [0.2, 0.25) is 0 Å². The summed E-state index contributed by atoms with van der Waals surface area (Å²) >= 11 is 8.65. The van der Waals surface area contributed by atoms with Gasteiger partial charge in [-0.3, -0.25) is 24.1 Å². The predicted molar refractivity (Wildman–Crippen MR) is 214 cm³/mol. The molecule has 24 heteroatoms. The Hall–Kier alpha value is -5.81. The van der Waals surface area contributed by atoms with Crippen molar-refractivity contribution in [1.82, 2.24) is 30.5 Å². The number of β-lactam (4-membered cyclic amide) rings is 1. The first-order valence-corrected chi connectivity index (χ1v) is 19.6. The molecule has 1 unspecified atom stereocenters. The van der Waals surface area contributed by atoms with Gasteiger partial charge in [-0.1, -0.05) is 47.9 Å². The van der Waals surface area contributed by atoms with Gasteiger partial charge in [0.05, 0.1) is 21.3 Å². The Morgan fingerprint density at radius 3 is 2.59 bits per heavy atom. The van der Waals surface area contributed by atoms with E-state index in [1.807, 2.05) is 6.92 Å². The van der Waals surface area contributed by atoms with E-state index in [4.69, 9.17) is 27.9 Å². The number of aromatic hydroxyl groups is 1. The summed E-state index contributed by atoms with van der Waals surface area (Å²) in [6.45, 7) is 6.05. The molecule has 0 aliphatic carbocycles. The van der Waals surface area contributed by atoms with E-state index in [-0.39, 0.29) is 53.5 Å². The number of hydrogen-bond acceptors (Lipinski definition) is 17. The van der Waals surface area contributed by atoms with Crippen LogP contribution in [0, 0.1) is 0 Å². The van der Waals surface area contributed by atoms with E-state index < -0.39 is 69.3 Å². The molecule has 0 aromatic carbocycles. The molecule has 0 radical (unpaired) electrons. The number of unbranched alkanes of at least 4 members (excludes halogenated alkanes) is 1. The molecule has 4 heterocycles. The summed E-state index contributed by atoms with van der Waals surface area (Å²) in [5.41, 5.74) is 9.11. The first-order valence-electron chi connectivity index (χ1n) is 17.4. The van der Waals surface area contributed by atoms with Gasteiger partial charge in [0, 0.05) is 43.2 Å². The van der Waals surface area contributed by atoms with Crippen molar-refractivity contribution in [2.24, 2.45) is 21.6 Å². The fraction of sp³-hybridized carbons (Fsp3) is 0.412. The van der Waals surface area contributed by atoms with Crippen molar-refractivity contribution >= 4 is 76.3 Å². The van der Waals surface area contributed by atoms with E-state index in [1.165, 1.54) is 32.5 Å². The number of carboxylic acids is 2. The zero-order chi connectivity index (χ0) is 43.1. The number of halogens is 1. The largest absolute Gasteiger partial charge is 0.503 e. The van der Waals surface area contributed by atoms with Gasteiger partial charge in [0.2, 0.25) is 11.0 Å². The van der Waals surface area contributed by atoms with Gasteiger partial charge < -0.3 is 57.7 Å². The predicted octanol–water partition coefficient (Wildman–Crippen LogP) is 0.360. The standard InChI is InChI=1S/C34H43ClN10O11S2/c1-5-6-7-22(36)58-26(35)16(2)23(42-56-34(3,4)33(53)54)29(49)41-24-30(50)45-25(32(51)52)17(14-57-31(24)45)11-43-12-18(27(37)40-15-43)38-8-9-39-28(48)19-10-20(46)21(47)13-44(19)55/h7,10,12-13,24,31,38,47,55H,5-6,8-9,11,14-15,36H2,1-4H3,(H2,37,40)(H,39,48)(H,41,49)(H,51,52)(H,53,54)/b22-7+,26-16+,42-23-/t24-,31?/m1/s1. The maximum atomic E-state index is 13.7. The van der Waals surface area contributed by atoms with Crippen molar-refractivity contribution in [3.63, 3.8) is 0 Å². The number of hydrogen-bond donors (Lipinski definition) is 9. The number of carbonyl (C=O) groups is 5. The number of nitrogens with one attached hydrogen (secondary N) is 3. The second-order valence-corrected chi connectivity index (χ2v) is 16.1. The normalized spacial score (nSPS) is 18.9. The van der Waals surface area contributed by atoms with Crippen LogP contribution in [0.1, 0.15) is 51.0 Å². The SMILES string of the molecule is CCC/C=C(\N)S/C(Cl)=C(C)/C(=N/OC(C)(C)C(=O)O)C(=O)N[C@@H]1C(=O)N2C(C(=O)O)=C(CN3C=C(NCCNC(=O)c4cc(=O)c(O)cn4O)C(N)=NC3)CSC12. The Morgan fingerprint density at radius 1 is 1.22 bits per heavy atom. The van der Waals surface area contributed by atoms with E-state index in [1.54, 1.807) is 17.2 Å². The fourth-order valence-corrected chi connectivity index (χ4v) is 7.61. The zero-order valence-corrected chi connectivity index (χ0v) is 34.0. The molecule has 3 aliphatic heterocycles. The number of thioether (sulfide) groups is 2. The number of amides is 3. The molecular formula is C34H43ClN10O11S2. The van der Waals surface area contributed by atoms with Crippen molar-refractivity contribution in [2.45, 2.75) is 57.6 Å². The lowest BCUT2D eigenvalue weighted by molar-refractivity contribution is -0.161. The van der Waals surface area contributed by atoms with Crippen LogP contribution < -0.4 is 32.8 Å². The number of carbonyl (C=O) groups excluding carboxylic acids is 3. The molecular weight excluding hydrogens is 824 g/mol. The van der Waals surface area contributed by atoms with Gasteiger partial charge in [0.25, 0.3) is 17.7 Å². The van der Waals surface area contributed by atoms with Crippen LogP contribution in [0.3, 0.4) is 0 Å². The molecule has 314 valence electrons. The third-order valence-electron chi connectivity index (χ3n) is 8.50. The summed E-state index contributed by atoms with van der Waals surface area (Å²) in [5, 5.41) is 50.4. The van der Waals surface area contributed by atoms with Gasteiger partial charge in [-0.15, -0.1) is 11.8 Å². The Labute approximate surface area is 344 Å². The molecule has 3 aliphatic rings. The quantitative estimate of drug-likeness (QED) is 0.0316. The van der Waals surface area contributed by atoms with Gasteiger partial charge in [0.15, 0.2) is 11.5 Å². The maximum absolute atomic E-state index is 13.7. The fourth-order valence-electron chi connectivity index (χ4n) is 5.26. The van der Waals surface area contributed by atoms with Crippen LogP contribution in [0.25, 0.3) is 0 Å². The summed E-state index contributed by atoms with van der Waals surface area (Å²) in [4.78, 5) is 87.8. The van der Waals surface area contributed by atoms with Crippen LogP contribution in [0.4, 0.5) is 0 Å². The number of oxime groups is 1. The number of allylic oxidation sites excluding steroid dienone is 1. The van der Waals surface area contributed by atoms with Gasteiger partial charge in [-0.25, -0.2) is 14.6 Å². The van der Waals surface area contributed by atoms with Gasteiger partial charge in [0.1, 0.15) is 35.3 Å². The average Bonchev–Trinajstić information content (AvgIpc) is 3.16. The van der Waals surface area contributed by atoms with Crippen molar-refractivity contribution in [3.05, 3.63) is 72.4 Å². The highest BCUT2D eigenvalue weighted by atomic mass is 35.5. The molecule has 1 fully saturated rings. The van der Waals surface area contributed by atoms with Crippen LogP contribution in [0.15, 0.2) is 71.4 Å².